The van der Waals surface area contributed by atoms with E-state index in [0.717, 1.165) is 19.4 Å². The third-order valence-electron chi connectivity index (χ3n) is 3.23. The summed E-state index contributed by atoms with van der Waals surface area (Å²) in [4.78, 5) is 20.2. The Morgan fingerprint density at radius 3 is 2.70 bits per heavy atom. The Morgan fingerprint density at radius 1 is 1.30 bits per heavy atom. The monoisotopic (exact) mass is 319 g/mol. The second kappa shape index (κ2) is 10.6. The van der Waals surface area contributed by atoms with Crippen molar-refractivity contribution in [2.24, 2.45) is 10.9 Å². The van der Waals surface area contributed by atoms with E-state index in [0.29, 0.717) is 23.6 Å². The van der Waals surface area contributed by atoms with Crippen molar-refractivity contribution in [1.82, 2.24) is 15.6 Å². The number of rotatable bonds is 8. The van der Waals surface area contributed by atoms with Gasteiger partial charge in [-0.05, 0) is 44.7 Å². The fraction of sp³-hybridized carbons (Fsp3) is 0.588. The van der Waals surface area contributed by atoms with Crippen molar-refractivity contribution in [1.29, 1.82) is 0 Å². The molecule has 0 spiro atoms. The van der Waals surface area contributed by atoms with E-state index in [1.807, 2.05) is 6.92 Å². The van der Waals surface area contributed by atoms with E-state index in [1.54, 1.807) is 24.5 Å². The molecule has 0 aliphatic carbocycles. The maximum absolute atomic E-state index is 11.9. The molecule has 0 saturated heterocycles. The first kappa shape index (κ1) is 18.9. The maximum Gasteiger partial charge on any atom is 0.246 e. The number of carbonyl (C=O) groups is 1. The Hall–Kier alpha value is -2.11. The van der Waals surface area contributed by atoms with Crippen molar-refractivity contribution in [2.45, 2.75) is 46.6 Å². The van der Waals surface area contributed by atoms with Gasteiger partial charge in [-0.2, -0.15) is 0 Å². The van der Waals surface area contributed by atoms with Crippen molar-refractivity contribution in [3.05, 3.63) is 24.5 Å². The normalized spacial score (nSPS) is 12.8. The third kappa shape index (κ3) is 8.80. The average molecular weight is 319 g/mol. The van der Waals surface area contributed by atoms with Crippen molar-refractivity contribution < 1.29 is 4.79 Å². The summed E-state index contributed by atoms with van der Waals surface area (Å²) in [7, 11) is 0. The lowest BCUT2D eigenvalue weighted by molar-refractivity contribution is -0.114. The highest BCUT2D eigenvalue weighted by molar-refractivity contribution is 5.93. The smallest absolute Gasteiger partial charge is 0.246 e. The molecule has 0 bridgehead atoms. The lowest BCUT2D eigenvalue weighted by Gasteiger charge is -2.18. The number of nitrogens with zero attached hydrogens (tertiary/aromatic N) is 2. The molecule has 3 N–H and O–H groups in total. The molecule has 0 aromatic carbocycles. The first-order valence-corrected chi connectivity index (χ1v) is 8.26. The second-order valence-corrected chi connectivity index (χ2v) is 6.00. The zero-order valence-corrected chi connectivity index (χ0v) is 14.6. The first-order chi connectivity index (χ1) is 11.0. The van der Waals surface area contributed by atoms with Crippen LogP contribution in [0.5, 0.6) is 0 Å². The summed E-state index contributed by atoms with van der Waals surface area (Å²) >= 11 is 0. The van der Waals surface area contributed by atoms with Crippen LogP contribution in [0, 0.1) is 5.92 Å². The van der Waals surface area contributed by atoms with Gasteiger partial charge in [0.1, 0.15) is 6.54 Å². The van der Waals surface area contributed by atoms with Gasteiger partial charge in [0.25, 0.3) is 0 Å². The molecule has 23 heavy (non-hydrogen) atoms. The van der Waals surface area contributed by atoms with Crippen LogP contribution < -0.4 is 16.0 Å². The summed E-state index contributed by atoms with van der Waals surface area (Å²) in [5, 5.41) is 9.27. The summed E-state index contributed by atoms with van der Waals surface area (Å²) in [5.74, 6) is 1.19. The van der Waals surface area contributed by atoms with Crippen LogP contribution in [0.1, 0.15) is 40.5 Å². The van der Waals surface area contributed by atoms with E-state index in [1.165, 1.54) is 0 Å². The summed E-state index contributed by atoms with van der Waals surface area (Å²) < 4.78 is 0. The molecule has 1 atom stereocenters. The van der Waals surface area contributed by atoms with Crippen LogP contribution in [0.4, 0.5) is 5.69 Å². The van der Waals surface area contributed by atoms with Crippen molar-refractivity contribution >= 4 is 17.6 Å². The highest BCUT2D eigenvalue weighted by Gasteiger charge is 2.07. The van der Waals surface area contributed by atoms with E-state index in [-0.39, 0.29) is 12.5 Å². The Kier molecular flexibility index (Phi) is 8.72. The van der Waals surface area contributed by atoms with Gasteiger partial charge in [0.15, 0.2) is 5.96 Å². The maximum atomic E-state index is 11.9. The van der Waals surface area contributed by atoms with Gasteiger partial charge < -0.3 is 16.0 Å². The lowest BCUT2D eigenvalue weighted by Crippen LogP contribution is -2.42. The van der Waals surface area contributed by atoms with Crippen LogP contribution in [0.15, 0.2) is 29.5 Å². The molecule has 1 aromatic rings. The molecule has 0 fully saturated rings. The van der Waals surface area contributed by atoms with Gasteiger partial charge >= 0.3 is 0 Å². The Labute approximate surface area is 139 Å². The number of nitrogens with one attached hydrogen (secondary N) is 3. The fourth-order valence-electron chi connectivity index (χ4n) is 2.00. The molecular formula is C17H29N5O. The Morgan fingerprint density at radius 2 is 2.09 bits per heavy atom. The second-order valence-electron chi connectivity index (χ2n) is 6.00. The van der Waals surface area contributed by atoms with Crippen LogP contribution >= 0.6 is 0 Å². The number of guanidine groups is 1. The van der Waals surface area contributed by atoms with Crippen LogP contribution in [0.2, 0.25) is 0 Å². The van der Waals surface area contributed by atoms with E-state index in [9.17, 15) is 4.79 Å². The number of hydrogen-bond donors (Lipinski definition) is 3. The summed E-state index contributed by atoms with van der Waals surface area (Å²) in [5.41, 5.74) is 0.677. The van der Waals surface area contributed by atoms with E-state index < -0.39 is 0 Å². The molecule has 1 heterocycles. The molecular weight excluding hydrogens is 290 g/mol. The minimum absolute atomic E-state index is 0.0706. The van der Waals surface area contributed by atoms with Crippen LogP contribution in [-0.2, 0) is 4.79 Å². The van der Waals surface area contributed by atoms with E-state index in [2.05, 4.69) is 46.7 Å². The molecule has 0 aliphatic rings. The van der Waals surface area contributed by atoms with Gasteiger partial charge in [0, 0.05) is 18.8 Å². The largest absolute Gasteiger partial charge is 0.357 e. The van der Waals surface area contributed by atoms with Gasteiger partial charge in [0.2, 0.25) is 5.91 Å². The lowest BCUT2D eigenvalue weighted by atomic mass is 10.0. The predicted molar refractivity (Wildman–Crippen MR) is 95.5 cm³/mol. The molecule has 1 amide bonds. The van der Waals surface area contributed by atoms with Gasteiger partial charge in [-0.25, -0.2) is 4.99 Å². The molecule has 0 aliphatic heterocycles. The van der Waals surface area contributed by atoms with Crippen molar-refractivity contribution in [3.63, 3.8) is 0 Å². The first-order valence-electron chi connectivity index (χ1n) is 8.26. The van der Waals surface area contributed by atoms with Gasteiger partial charge in [-0.15, -0.1) is 0 Å². The van der Waals surface area contributed by atoms with E-state index in [4.69, 9.17) is 0 Å². The SMILES string of the molecule is CCNC(=NCC(=O)Nc1cccnc1)NC(C)CCC(C)C. The Bertz CT molecular complexity index is 487. The predicted octanol–water partition coefficient (Wildman–Crippen LogP) is 2.40. The van der Waals surface area contributed by atoms with Crippen LogP contribution in [-0.4, -0.2) is 36.0 Å². The molecule has 1 aromatic heterocycles. The summed E-state index contributed by atoms with van der Waals surface area (Å²) in [6.45, 7) is 9.40. The fourth-order valence-corrected chi connectivity index (χ4v) is 2.00. The van der Waals surface area contributed by atoms with Gasteiger partial charge in [-0.1, -0.05) is 13.8 Å². The molecule has 0 saturated carbocycles. The minimum Gasteiger partial charge on any atom is -0.357 e. The van der Waals surface area contributed by atoms with Crippen molar-refractivity contribution in [3.8, 4) is 0 Å². The third-order valence-corrected chi connectivity index (χ3v) is 3.23. The molecule has 128 valence electrons. The molecule has 1 rings (SSSR count). The minimum atomic E-state index is -0.162. The highest BCUT2D eigenvalue weighted by Crippen LogP contribution is 2.06. The molecule has 6 nitrogen and oxygen atoms in total. The number of aliphatic imine (C=N–C) groups is 1. The quantitative estimate of drug-likeness (QED) is 0.508. The molecule has 1 unspecified atom stereocenters. The zero-order valence-electron chi connectivity index (χ0n) is 14.6. The topological polar surface area (TPSA) is 78.4 Å². The Balaban J connectivity index is 2.48. The van der Waals surface area contributed by atoms with Crippen molar-refractivity contribution in [2.75, 3.05) is 18.4 Å². The number of hydrogen-bond acceptors (Lipinski definition) is 3. The number of pyridine rings is 1. The number of anilines is 1. The number of amides is 1. The highest BCUT2D eigenvalue weighted by atomic mass is 16.1. The number of carbonyl (C=O) groups excluding carboxylic acids is 1. The summed E-state index contributed by atoms with van der Waals surface area (Å²) in [6, 6.07) is 3.89. The number of aromatic nitrogens is 1. The zero-order chi connectivity index (χ0) is 17.1. The van der Waals surface area contributed by atoms with Gasteiger partial charge in [-0.3, -0.25) is 9.78 Å². The van der Waals surface area contributed by atoms with E-state index >= 15 is 0 Å². The standard InChI is InChI=1S/C17H29N5O/c1-5-19-17(21-14(4)9-8-13(2)3)20-12-16(23)22-15-7-6-10-18-11-15/h6-7,10-11,13-14H,5,8-9,12H2,1-4H3,(H,22,23)(H2,19,20,21). The van der Waals surface area contributed by atoms with Gasteiger partial charge in [0.05, 0.1) is 11.9 Å². The van der Waals surface area contributed by atoms with Crippen LogP contribution in [0.25, 0.3) is 0 Å². The van der Waals surface area contributed by atoms with Crippen LogP contribution in [0.3, 0.4) is 0 Å². The average Bonchev–Trinajstić information content (AvgIpc) is 2.52. The molecule has 6 heteroatoms. The molecule has 0 radical (unpaired) electrons. The summed E-state index contributed by atoms with van der Waals surface area (Å²) in [6.07, 6.45) is 5.51.